The fraction of sp³-hybridized carbons (Fsp3) is 0.167. The predicted octanol–water partition coefficient (Wildman–Crippen LogP) is 3.37. The van der Waals surface area contributed by atoms with Gasteiger partial charge in [-0.05, 0) is 29.7 Å². The summed E-state index contributed by atoms with van der Waals surface area (Å²) in [5, 5.41) is 14.4. The third-order valence-electron chi connectivity index (χ3n) is 3.55. The molecule has 4 N–H and O–H groups in total. The van der Waals surface area contributed by atoms with Gasteiger partial charge >= 0.3 is 0 Å². The monoisotopic (exact) mass is 341 g/mol. The minimum atomic E-state index is -0.673. The highest BCUT2D eigenvalue weighted by Gasteiger charge is 2.11. The van der Waals surface area contributed by atoms with Crippen LogP contribution in [0.15, 0.2) is 59.6 Å². The molecule has 2 aromatic carbocycles. The van der Waals surface area contributed by atoms with Crippen LogP contribution in [0.3, 0.4) is 0 Å². The van der Waals surface area contributed by atoms with Crippen molar-refractivity contribution in [1.29, 1.82) is 0 Å². The van der Waals surface area contributed by atoms with Crippen LogP contribution >= 0.6 is 11.3 Å². The number of benzene rings is 2. The fourth-order valence-electron chi connectivity index (χ4n) is 2.33. The number of ether oxygens (including phenoxy) is 1. The number of guanidine groups is 1. The first-order valence-electron chi connectivity index (χ1n) is 7.53. The Morgan fingerprint density at radius 2 is 2.08 bits per heavy atom. The van der Waals surface area contributed by atoms with Crippen LogP contribution in [0.2, 0.25) is 0 Å². The molecule has 6 heteroatoms. The molecule has 0 fully saturated rings. The number of thiophene rings is 1. The van der Waals surface area contributed by atoms with Crippen LogP contribution < -0.4 is 15.8 Å². The summed E-state index contributed by atoms with van der Waals surface area (Å²) in [6.07, 6.45) is -0.673. The van der Waals surface area contributed by atoms with E-state index in [2.05, 4.69) is 10.3 Å². The lowest BCUT2D eigenvalue weighted by Gasteiger charge is -2.09. The summed E-state index contributed by atoms with van der Waals surface area (Å²) in [6.45, 7) is 0.204. The second-order valence-corrected chi connectivity index (χ2v) is 6.40. The molecule has 1 aromatic heterocycles. The molecule has 0 aliphatic carbocycles. The summed E-state index contributed by atoms with van der Waals surface area (Å²) in [6, 6.07) is 17.4. The Morgan fingerprint density at radius 1 is 1.25 bits per heavy atom. The number of nitrogens with zero attached hydrogens (tertiary/aromatic N) is 1. The Morgan fingerprint density at radius 3 is 2.88 bits per heavy atom. The van der Waals surface area contributed by atoms with E-state index < -0.39 is 6.10 Å². The Hall–Kier alpha value is -2.57. The van der Waals surface area contributed by atoms with Crippen molar-refractivity contribution in [2.75, 3.05) is 19.0 Å². The first-order chi connectivity index (χ1) is 11.7. The SMILES string of the molecule is COc1cccc(NC(N)=NCC(O)c2cc3ccccc3s2)c1. The van der Waals surface area contributed by atoms with Gasteiger partial charge in [-0.25, -0.2) is 0 Å². The maximum atomic E-state index is 10.3. The Balaban J connectivity index is 1.65. The summed E-state index contributed by atoms with van der Waals surface area (Å²) in [4.78, 5) is 5.10. The standard InChI is InChI=1S/C18H19N3O2S/c1-23-14-7-4-6-13(10-14)21-18(19)20-11-15(22)17-9-12-5-2-3-8-16(12)24-17/h2-10,15,22H,11H2,1H3,(H3,19,20,21). The Bertz CT molecular complexity index is 827. The van der Waals surface area contributed by atoms with E-state index in [4.69, 9.17) is 10.5 Å². The summed E-state index contributed by atoms with van der Waals surface area (Å²) in [7, 11) is 1.61. The molecule has 124 valence electrons. The quantitative estimate of drug-likeness (QED) is 0.491. The zero-order valence-electron chi connectivity index (χ0n) is 13.3. The summed E-state index contributed by atoms with van der Waals surface area (Å²) in [5.74, 6) is 0.988. The summed E-state index contributed by atoms with van der Waals surface area (Å²) >= 11 is 1.57. The molecule has 0 spiro atoms. The van der Waals surface area contributed by atoms with E-state index in [1.807, 2.05) is 54.6 Å². The first kappa shape index (κ1) is 16.3. The van der Waals surface area contributed by atoms with Crippen LogP contribution in [0.5, 0.6) is 5.75 Å². The lowest BCUT2D eigenvalue weighted by Crippen LogP contribution is -2.23. The summed E-state index contributed by atoms with van der Waals surface area (Å²) in [5.41, 5.74) is 6.67. The van der Waals surface area contributed by atoms with E-state index in [-0.39, 0.29) is 12.5 Å². The highest BCUT2D eigenvalue weighted by Crippen LogP contribution is 2.29. The number of methoxy groups -OCH3 is 1. The van der Waals surface area contributed by atoms with Crippen LogP contribution in [-0.2, 0) is 0 Å². The maximum absolute atomic E-state index is 10.3. The highest BCUT2D eigenvalue weighted by atomic mass is 32.1. The number of anilines is 1. The van der Waals surface area contributed by atoms with Gasteiger partial charge in [0.25, 0.3) is 0 Å². The molecule has 0 saturated carbocycles. The minimum Gasteiger partial charge on any atom is -0.497 e. The van der Waals surface area contributed by atoms with Gasteiger partial charge in [0.05, 0.1) is 13.7 Å². The number of aliphatic imine (C=N–C) groups is 1. The molecule has 5 nitrogen and oxygen atoms in total. The zero-order valence-corrected chi connectivity index (χ0v) is 14.1. The van der Waals surface area contributed by atoms with Crippen molar-refractivity contribution in [1.82, 2.24) is 0 Å². The molecule has 24 heavy (non-hydrogen) atoms. The molecule has 0 bridgehead atoms. The fourth-order valence-corrected chi connectivity index (χ4v) is 3.37. The average Bonchev–Trinajstić information content (AvgIpc) is 3.04. The van der Waals surface area contributed by atoms with Crippen LogP contribution in [0.4, 0.5) is 5.69 Å². The zero-order chi connectivity index (χ0) is 16.9. The van der Waals surface area contributed by atoms with E-state index >= 15 is 0 Å². The second-order valence-electron chi connectivity index (χ2n) is 5.29. The number of hydrogen-bond acceptors (Lipinski definition) is 4. The lowest BCUT2D eigenvalue weighted by molar-refractivity contribution is 0.191. The molecular formula is C18H19N3O2S. The number of nitrogens with one attached hydrogen (secondary N) is 1. The van der Waals surface area contributed by atoms with Crippen molar-refractivity contribution in [3.05, 3.63) is 59.5 Å². The molecular weight excluding hydrogens is 322 g/mol. The van der Waals surface area contributed by atoms with Gasteiger partial charge in [-0.2, -0.15) is 0 Å². The van der Waals surface area contributed by atoms with Gasteiger partial charge in [0.2, 0.25) is 0 Å². The third kappa shape index (κ3) is 3.84. The molecule has 0 aliphatic rings. The van der Waals surface area contributed by atoms with Gasteiger partial charge in [0.1, 0.15) is 11.9 Å². The predicted molar refractivity (Wildman–Crippen MR) is 99.9 cm³/mol. The second kappa shape index (κ2) is 7.33. The smallest absolute Gasteiger partial charge is 0.193 e. The van der Waals surface area contributed by atoms with Crippen molar-refractivity contribution in [3.8, 4) is 5.75 Å². The van der Waals surface area contributed by atoms with Gasteiger partial charge in [0.15, 0.2) is 5.96 Å². The van der Waals surface area contributed by atoms with Gasteiger partial charge < -0.3 is 20.9 Å². The van der Waals surface area contributed by atoms with Crippen LogP contribution in [0.1, 0.15) is 11.0 Å². The molecule has 1 unspecified atom stereocenters. The number of hydrogen-bond donors (Lipinski definition) is 3. The van der Waals surface area contributed by atoms with Crippen molar-refractivity contribution in [3.63, 3.8) is 0 Å². The van der Waals surface area contributed by atoms with Crippen molar-refractivity contribution in [2.24, 2.45) is 10.7 Å². The van der Waals surface area contributed by atoms with Crippen LogP contribution in [0.25, 0.3) is 10.1 Å². The van der Waals surface area contributed by atoms with Gasteiger partial charge in [0, 0.05) is 21.3 Å². The van der Waals surface area contributed by atoms with Crippen LogP contribution in [-0.4, -0.2) is 24.7 Å². The van der Waals surface area contributed by atoms with Crippen molar-refractivity contribution < 1.29 is 9.84 Å². The molecule has 0 saturated heterocycles. The van der Waals surface area contributed by atoms with Gasteiger partial charge in [-0.15, -0.1) is 11.3 Å². The van der Waals surface area contributed by atoms with E-state index in [9.17, 15) is 5.11 Å². The topological polar surface area (TPSA) is 79.9 Å². The average molecular weight is 341 g/mol. The molecule has 0 amide bonds. The lowest BCUT2D eigenvalue weighted by atomic mass is 10.2. The molecule has 3 aromatic rings. The first-order valence-corrected chi connectivity index (χ1v) is 8.35. The molecule has 3 rings (SSSR count). The summed E-state index contributed by atoms with van der Waals surface area (Å²) < 4.78 is 6.31. The molecule has 1 heterocycles. The molecule has 0 aliphatic heterocycles. The number of aliphatic hydroxyl groups is 1. The van der Waals surface area contributed by atoms with Gasteiger partial charge in [-0.3, -0.25) is 4.99 Å². The van der Waals surface area contributed by atoms with Crippen molar-refractivity contribution in [2.45, 2.75) is 6.10 Å². The van der Waals surface area contributed by atoms with Crippen molar-refractivity contribution >= 4 is 33.1 Å². The third-order valence-corrected chi connectivity index (χ3v) is 4.77. The molecule has 1 atom stereocenters. The van der Waals surface area contributed by atoms with E-state index in [0.29, 0.717) is 0 Å². The van der Waals surface area contributed by atoms with E-state index in [1.54, 1.807) is 18.4 Å². The molecule has 0 radical (unpaired) electrons. The maximum Gasteiger partial charge on any atom is 0.193 e. The van der Waals surface area contributed by atoms with Crippen LogP contribution in [0, 0.1) is 0 Å². The minimum absolute atomic E-state index is 0.204. The van der Waals surface area contributed by atoms with E-state index in [1.165, 1.54) is 0 Å². The largest absolute Gasteiger partial charge is 0.497 e. The number of rotatable bonds is 5. The normalized spacial score (nSPS) is 13.0. The van der Waals surface area contributed by atoms with Gasteiger partial charge in [-0.1, -0.05) is 24.3 Å². The number of aliphatic hydroxyl groups excluding tert-OH is 1. The van der Waals surface area contributed by atoms with E-state index in [0.717, 1.165) is 26.4 Å². The number of nitrogens with two attached hydrogens (primary N) is 1. The number of fused-ring (bicyclic) bond motifs is 1. The highest BCUT2D eigenvalue weighted by molar-refractivity contribution is 7.19. The Kier molecular flexibility index (Phi) is 4.98. The Labute approximate surface area is 144 Å².